The fourth-order valence-corrected chi connectivity index (χ4v) is 4.03. The molecule has 192 valence electrons. The molecule has 2 amide bonds. The van der Waals surface area contributed by atoms with Gasteiger partial charge in [-0.05, 0) is 31.0 Å². The highest BCUT2D eigenvalue weighted by molar-refractivity contribution is 5.87. The van der Waals surface area contributed by atoms with E-state index in [1.807, 2.05) is 64.1 Å². The standard InChI is InChI=1S/C29H36N2O5/c1-21-12-13-25-24(16-21)27(33)23(20-36-25)18-31(17-22-10-7-6-8-11-22)26(32)19-30(14-9-15-35-5)28(34)29(2,3)4/h6-8,10-13,16,20H,9,14-15,17-19H2,1-5H3. The molecule has 0 N–H and O–H groups in total. The molecule has 0 saturated heterocycles. The fourth-order valence-electron chi connectivity index (χ4n) is 4.03. The van der Waals surface area contributed by atoms with E-state index in [0.717, 1.165) is 11.1 Å². The van der Waals surface area contributed by atoms with Crippen LogP contribution < -0.4 is 5.43 Å². The van der Waals surface area contributed by atoms with Crippen LogP contribution in [-0.4, -0.2) is 48.4 Å². The van der Waals surface area contributed by atoms with Crippen molar-refractivity contribution < 1.29 is 18.7 Å². The number of ether oxygens (including phenoxy) is 1. The number of nitrogens with zero attached hydrogens (tertiary/aromatic N) is 2. The number of fused-ring (bicyclic) bond motifs is 1. The Morgan fingerprint density at radius 1 is 1.00 bits per heavy atom. The predicted molar refractivity (Wildman–Crippen MR) is 140 cm³/mol. The van der Waals surface area contributed by atoms with E-state index in [9.17, 15) is 14.4 Å². The van der Waals surface area contributed by atoms with E-state index in [1.165, 1.54) is 6.26 Å². The molecule has 3 rings (SSSR count). The third kappa shape index (κ3) is 7.04. The molecule has 3 aromatic rings. The smallest absolute Gasteiger partial charge is 0.242 e. The van der Waals surface area contributed by atoms with Gasteiger partial charge >= 0.3 is 0 Å². The van der Waals surface area contributed by atoms with E-state index < -0.39 is 5.41 Å². The van der Waals surface area contributed by atoms with Gasteiger partial charge in [-0.1, -0.05) is 62.7 Å². The normalized spacial score (nSPS) is 11.5. The van der Waals surface area contributed by atoms with Crippen LogP contribution >= 0.6 is 0 Å². The molecule has 2 aromatic carbocycles. The summed E-state index contributed by atoms with van der Waals surface area (Å²) in [5.74, 6) is -0.343. The molecule has 0 radical (unpaired) electrons. The maximum atomic E-state index is 13.6. The molecule has 1 heterocycles. The highest BCUT2D eigenvalue weighted by atomic mass is 16.5. The van der Waals surface area contributed by atoms with Crippen molar-refractivity contribution in [2.75, 3.05) is 26.8 Å². The Morgan fingerprint density at radius 3 is 2.39 bits per heavy atom. The Kier molecular flexibility index (Phi) is 9.04. The maximum absolute atomic E-state index is 13.6. The monoisotopic (exact) mass is 492 g/mol. The molecule has 0 bridgehead atoms. The van der Waals surface area contributed by atoms with Crippen LogP contribution in [0.15, 0.2) is 64.0 Å². The van der Waals surface area contributed by atoms with Crippen LogP contribution in [0.4, 0.5) is 0 Å². The lowest BCUT2D eigenvalue weighted by Crippen LogP contribution is -2.47. The van der Waals surface area contributed by atoms with E-state index in [4.69, 9.17) is 9.15 Å². The third-order valence-electron chi connectivity index (χ3n) is 5.96. The van der Waals surface area contributed by atoms with E-state index in [0.29, 0.717) is 42.6 Å². The van der Waals surface area contributed by atoms with Gasteiger partial charge in [-0.3, -0.25) is 14.4 Å². The molecular weight excluding hydrogens is 456 g/mol. The summed E-state index contributed by atoms with van der Waals surface area (Å²) in [5.41, 5.74) is 2.00. The second kappa shape index (κ2) is 12.0. The van der Waals surface area contributed by atoms with Crippen molar-refractivity contribution in [2.45, 2.75) is 47.2 Å². The highest BCUT2D eigenvalue weighted by Gasteiger charge is 2.30. The number of amides is 2. The Balaban J connectivity index is 1.91. The highest BCUT2D eigenvalue weighted by Crippen LogP contribution is 2.19. The van der Waals surface area contributed by atoms with Gasteiger partial charge in [0, 0.05) is 32.2 Å². The van der Waals surface area contributed by atoms with Gasteiger partial charge in [-0.2, -0.15) is 0 Å². The molecule has 7 heteroatoms. The molecule has 36 heavy (non-hydrogen) atoms. The van der Waals surface area contributed by atoms with E-state index >= 15 is 0 Å². The lowest BCUT2D eigenvalue weighted by Gasteiger charge is -2.31. The van der Waals surface area contributed by atoms with Crippen LogP contribution in [0.25, 0.3) is 11.0 Å². The van der Waals surface area contributed by atoms with Crippen molar-refractivity contribution in [3.05, 3.63) is 81.7 Å². The van der Waals surface area contributed by atoms with Crippen LogP contribution in [-0.2, 0) is 27.4 Å². The van der Waals surface area contributed by atoms with Gasteiger partial charge in [0.25, 0.3) is 0 Å². The number of methoxy groups -OCH3 is 1. The molecule has 0 fully saturated rings. The number of carbonyl (C=O) groups excluding carboxylic acids is 2. The molecule has 7 nitrogen and oxygen atoms in total. The third-order valence-corrected chi connectivity index (χ3v) is 5.96. The first-order valence-electron chi connectivity index (χ1n) is 12.2. The number of benzene rings is 2. The number of hydrogen-bond donors (Lipinski definition) is 0. The van der Waals surface area contributed by atoms with Gasteiger partial charge < -0.3 is 19.0 Å². The Labute approximate surface area is 212 Å². The van der Waals surface area contributed by atoms with Crippen LogP contribution in [0.5, 0.6) is 0 Å². The van der Waals surface area contributed by atoms with Crippen LogP contribution in [0.3, 0.4) is 0 Å². The molecule has 0 atom stereocenters. The van der Waals surface area contributed by atoms with Crippen molar-refractivity contribution in [1.29, 1.82) is 0 Å². The minimum Gasteiger partial charge on any atom is -0.464 e. The second-order valence-corrected chi connectivity index (χ2v) is 10.1. The summed E-state index contributed by atoms with van der Waals surface area (Å²) in [5, 5.41) is 0.490. The average Bonchev–Trinajstić information content (AvgIpc) is 2.84. The fraction of sp³-hybridized carbons (Fsp3) is 0.414. The van der Waals surface area contributed by atoms with Gasteiger partial charge in [-0.15, -0.1) is 0 Å². The van der Waals surface area contributed by atoms with Gasteiger partial charge in [0.05, 0.1) is 30.3 Å². The number of rotatable bonds is 10. The lowest BCUT2D eigenvalue weighted by atomic mass is 9.94. The molecule has 0 spiro atoms. The van der Waals surface area contributed by atoms with Gasteiger partial charge in [0.15, 0.2) is 5.43 Å². The van der Waals surface area contributed by atoms with Gasteiger partial charge in [-0.25, -0.2) is 0 Å². The molecule has 0 aliphatic heterocycles. The Hall–Kier alpha value is -3.45. The summed E-state index contributed by atoms with van der Waals surface area (Å²) in [4.78, 5) is 43.2. The Morgan fingerprint density at radius 2 is 1.72 bits per heavy atom. The maximum Gasteiger partial charge on any atom is 0.242 e. The van der Waals surface area contributed by atoms with Crippen molar-refractivity contribution in [3.63, 3.8) is 0 Å². The molecule has 1 aromatic heterocycles. The van der Waals surface area contributed by atoms with Gasteiger partial charge in [0.2, 0.25) is 11.8 Å². The Bertz CT molecular complexity index is 1240. The largest absolute Gasteiger partial charge is 0.464 e. The van der Waals surface area contributed by atoms with Crippen molar-refractivity contribution in [3.8, 4) is 0 Å². The zero-order valence-electron chi connectivity index (χ0n) is 21.9. The molecule has 0 aliphatic carbocycles. The predicted octanol–water partition coefficient (Wildman–Crippen LogP) is 4.54. The van der Waals surface area contributed by atoms with E-state index in [-0.39, 0.29) is 30.3 Å². The zero-order chi connectivity index (χ0) is 26.3. The van der Waals surface area contributed by atoms with Crippen LogP contribution in [0, 0.1) is 12.3 Å². The molecule has 0 aliphatic rings. The first kappa shape index (κ1) is 27.1. The first-order chi connectivity index (χ1) is 17.1. The summed E-state index contributed by atoms with van der Waals surface area (Å²) in [6, 6.07) is 15.1. The molecular formula is C29H36N2O5. The van der Waals surface area contributed by atoms with E-state index in [1.54, 1.807) is 29.0 Å². The quantitative estimate of drug-likeness (QED) is 0.388. The van der Waals surface area contributed by atoms with Crippen molar-refractivity contribution >= 4 is 22.8 Å². The lowest BCUT2D eigenvalue weighted by molar-refractivity contribution is -0.146. The minimum atomic E-state index is -0.630. The summed E-state index contributed by atoms with van der Waals surface area (Å²) in [7, 11) is 1.61. The number of aryl methyl sites for hydroxylation is 1. The zero-order valence-corrected chi connectivity index (χ0v) is 21.9. The SMILES string of the molecule is COCCCN(CC(=O)N(Cc1ccccc1)Cc1coc2ccc(C)cc2c1=O)C(=O)C(C)(C)C. The topological polar surface area (TPSA) is 80.1 Å². The van der Waals surface area contributed by atoms with Crippen molar-refractivity contribution in [1.82, 2.24) is 9.80 Å². The first-order valence-corrected chi connectivity index (χ1v) is 12.2. The molecule has 0 saturated carbocycles. The summed E-state index contributed by atoms with van der Waals surface area (Å²) in [6.45, 7) is 8.65. The minimum absolute atomic E-state index is 0.0787. The molecule has 0 unspecified atom stereocenters. The van der Waals surface area contributed by atoms with Crippen molar-refractivity contribution in [2.24, 2.45) is 5.41 Å². The van der Waals surface area contributed by atoms with Gasteiger partial charge in [0.1, 0.15) is 5.58 Å². The summed E-state index contributed by atoms with van der Waals surface area (Å²) >= 11 is 0. The average molecular weight is 493 g/mol. The summed E-state index contributed by atoms with van der Waals surface area (Å²) in [6.07, 6.45) is 2.06. The second-order valence-electron chi connectivity index (χ2n) is 10.1. The van der Waals surface area contributed by atoms with E-state index in [2.05, 4.69) is 0 Å². The number of carbonyl (C=O) groups is 2. The van der Waals surface area contributed by atoms with Crippen LogP contribution in [0.1, 0.15) is 43.9 Å². The summed E-state index contributed by atoms with van der Waals surface area (Å²) < 4.78 is 10.9. The number of hydrogen-bond acceptors (Lipinski definition) is 5. The van der Waals surface area contributed by atoms with Crippen LogP contribution in [0.2, 0.25) is 0 Å².